The van der Waals surface area contributed by atoms with Crippen molar-refractivity contribution in [2.45, 2.75) is 0 Å². The molecule has 98 valence electrons. The SMILES string of the molecule is Nc1cnc(Cl)cc1C(=O)Nc1cc(Cl)ccc1Br. The first-order chi connectivity index (χ1) is 8.97. The maximum absolute atomic E-state index is 12.1. The first kappa shape index (κ1) is 14.1. The summed E-state index contributed by atoms with van der Waals surface area (Å²) in [4.78, 5) is 15.9. The molecule has 0 aliphatic rings. The third-order valence-electron chi connectivity index (χ3n) is 2.32. The molecule has 0 bridgehead atoms. The van der Waals surface area contributed by atoms with Crippen molar-refractivity contribution in [1.29, 1.82) is 0 Å². The molecule has 0 saturated carbocycles. The van der Waals surface area contributed by atoms with E-state index in [2.05, 4.69) is 26.2 Å². The molecule has 2 aromatic rings. The van der Waals surface area contributed by atoms with Gasteiger partial charge in [0.05, 0.1) is 23.1 Å². The van der Waals surface area contributed by atoms with Crippen LogP contribution in [0, 0.1) is 0 Å². The number of nitrogens with two attached hydrogens (primary N) is 1. The highest BCUT2D eigenvalue weighted by Gasteiger charge is 2.13. The summed E-state index contributed by atoms with van der Waals surface area (Å²) in [6, 6.07) is 6.48. The molecule has 0 aliphatic carbocycles. The summed E-state index contributed by atoms with van der Waals surface area (Å²) in [7, 11) is 0. The summed E-state index contributed by atoms with van der Waals surface area (Å²) in [5, 5.41) is 3.41. The molecule has 0 unspecified atom stereocenters. The topological polar surface area (TPSA) is 68.0 Å². The van der Waals surface area contributed by atoms with Gasteiger partial charge in [-0.2, -0.15) is 0 Å². The molecule has 0 spiro atoms. The Morgan fingerprint density at radius 2 is 2.05 bits per heavy atom. The Balaban J connectivity index is 2.30. The van der Waals surface area contributed by atoms with Crippen LogP contribution in [0.3, 0.4) is 0 Å². The van der Waals surface area contributed by atoms with Crippen LogP contribution in [-0.4, -0.2) is 10.9 Å². The molecule has 3 N–H and O–H groups in total. The minimum Gasteiger partial charge on any atom is -0.397 e. The van der Waals surface area contributed by atoms with Crippen LogP contribution in [0.5, 0.6) is 0 Å². The number of amides is 1. The number of hydrogen-bond acceptors (Lipinski definition) is 3. The van der Waals surface area contributed by atoms with Crippen LogP contribution in [0.25, 0.3) is 0 Å². The van der Waals surface area contributed by atoms with E-state index < -0.39 is 0 Å². The number of anilines is 2. The zero-order valence-corrected chi connectivity index (χ0v) is 12.6. The van der Waals surface area contributed by atoms with Gasteiger partial charge < -0.3 is 11.1 Å². The van der Waals surface area contributed by atoms with Crippen LogP contribution in [0.2, 0.25) is 10.2 Å². The van der Waals surface area contributed by atoms with E-state index in [4.69, 9.17) is 28.9 Å². The maximum atomic E-state index is 12.1. The lowest BCUT2D eigenvalue weighted by Gasteiger charge is -2.09. The van der Waals surface area contributed by atoms with E-state index in [0.29, 0.717) is 15.2 Å². The maximum Gasteiger partial charge on any atom is 0.257 e. The van der Waals surface area contributed by atoms with E-state index in [1.807, 2.05) is 0 Å². The Labute approximate surface area is 128 Å². The van der Waals surface area contributed by atoms with E-state index in [1.54, 1.807) is 18.2 Å². The van der Waals surface area contributed by atoms with Crippen LogP contribution in [0.4, 0.5) is 11.4 Å². The molecule has 1 amide bonds. The molecule has 19 heavy (non-hydrogen) atoms. The van der Waals surface area contributed by atoms with Crippen molar-refractivity contribution in [3.8, 4) is 0 Å². The van der Waals surface area contributed by atoms with Crippen molar-refractivity contribution in [3.05, 3.63) is 50.7 Å². The Morgan fingerprint density at radius 1 is 1.32 bits per heavy atom. The molecular weight excluding hydrogens is 353 g/mol. The number of pyridine rings is 1. The van der Waals surface area contributed by atoms with Gasteiger partial charge in [-0.3, -0.25) is 4.79 Å². The zero-order chi connectivity index (χ0) is 14.0. The number of benzene rings is 1. The summed E-state index contributed by atoms with van der Waals surface area (Å²) in [5.74, 6) is -0.384. The number of carbonyl (C=O) groups is 1. The molecule has 0 saturated heterocycles. The molecule has 0 fully saturated rings. The van der Waals surface area contributed by atoms with E-state index in [0.717, 1.165) is 0 Å². The van der Waals surface area contributed by atoms with Crippen LogP contribution in [0.15, 0.2) is 34.9 Å². The zero-order valence-electron chi connectivity index (χ0n) is 9.45. The molecule has 1 heterocycles. The molecule has 0 aliphatic heterocycles. The van der Waals surface area contributed by atoms with Crippen LogP contribution < -0.4 is 11.1 Å². The van der Waals surface area contributed by atoms with E-state index in [9.17, 15) is 4.79 Å². The molecule has 2 rings (SSSR count). The highest BCUT2D eigenvalue weighted by atomic mass is 79.9. The fourth-order valence-electron chi connectivity index (χ4n) is 1.42. The average molecular weight is 361 g/mol. The van der Waals surface area contributed by atoms with Gasteiger partial charge in [0.25, 0.3) is 5.91 Å². The molecule has 0 radical (unpaired) electrons. The number of rotatable bonds is 2. The highest BCUT2D eigenvalue weighted by Crippen LogP contribution is 2.27. The second-order valence-electron chi connectivity index (χ2n) is 3.67. The van der Waals surface area contributed by atoms with Gasteiger partial charge in [-0.25, -0.2) is 4.98 Å². The standard InChI is InChI=1S/C12H8BrCl2N3O/c13-8-2-1-6(14)3-10(8)18-12(19)7-4-11(15)17-5-9(7)16/h1-5H,16H2,(H,18,19). The number of nitrogens with one attached hydrogen (secondary N) is 1. The average Bonchev–Trinajstić information content (AvgIpc) is 2.36. The summed E-state index contributed by atoms with van der Waals surface area (Å²) in [6.45, 7) is 0. The number of nitrogens with zero attached hydrogens (tertiary/aromatic N) is 1. The van der Waals surface area contributed by atoms with Gasteiger partial charge >= 0.3 is 0 Å². The Bertz CT molecular complexity index is 649. The fourth-order valence-corrected chi connectivity index (χ4v) is 2.10. The Hall–Kier alpha value is -1.30. The number of nitrogen functional groups attached to an aromatic ring is 1. The molecule has 0 atom stereocenters. The predicted octanol–water partition coefficient (Wildman–Crippen LogP) is 3.99. The Morgan fingerprint density at radius 3 is 2.79 bits per heavy atom. The third-order valence-corrected chi connectivity index (χ3v) is 3.46. The fraction of sp³-hybridized carbons (Fsp3) is 0. The molecule has 4 nitrogen and oxygen atoms in total. The van der Waals surface area contributed by atoms with Crippen molar-refractivity contribution in [2.24, 2.45) is 0 Å². The van der Waals surface area contributed by atoms with Gasteiger partial charge in [-0.15, -0.1) is 0 Å². The monoisotopic (exact) mass is 359 g/mol. The van der Waals surface area contributed by atoms with Crippen molar-refractivity contribution in [2.75, 3.05) is 11.1 Å². The lowest BCUT2D eigenvalue weighted by Crippen LogP contribution is -2.14. The minimum atomic E-state index is -0.384. The van der Waals surface area contributed by atoms with E-state index >= 15 is 0 Å². The normalized spacial score (nSPS) is 10.3. The number of aromatic nitrogens is 1. The summed E-state index contributed by atoms with van der Waals surface area (Å²) < 4.78 is 0.712. The van der Waals surface area contributed by atoms with Crippen molar-refractivity contribution in [1.82, 2.24) is 4.98 Å². The van der Waals surface area contributed by atoms with Crippen LogP contribution >= 0.6 is 39.1 Å². The smallest absolute Gasteiger partial charge is 0.257 e. The largest absolute Gasteiger partial charge is 0.397 e. The number of carbonyl (C=O) groups excluding carboxylic acids is 1. The van der Waals surface area contributed by atoms with Crippen molar-refractivity contribution >= 4 is 56.4 Å². The first-order valence-corrected chi connectivity index (χ1v) is 6.69. The van der Waals surface area contributed by atoms with E-state index in [1.165, 1.54) is 12.3 Å². The van der Waals surface area contributed by atoms with Crippen LogP contribution in [-0.2, 0) is 0 Å². The van der Waals surface area contributed by atoms with Crippen LogP contribution in [0.1, 0.15) is 10.4 Å². The van der Waals surface area contributed by atoms with Gasteiger partial charge in [-0.1, -0.05) is 23.2 Å². The molecule has 7 heteroatoms. The van der Waals surface area contributed by atoms with Gasteiger partial charge in [0, 0.05) is 9.50 Å². The summed E-state index contributed by atoms with van der Waals surface area (Å²) in [6.07, 6.45) is 1.34. The van der Waals surface area contributed by atoms with Gasteiger partial charge in [0.1, 0.15) is 5.15 Å². The summed E-state index contributed by atoms with van der Waals surface area (Å²) in [5.41, 5.74) is 6.74. The quantitative estimate of drug-likeness (QED) is 0.795. The predicted molar refractivity (Wildman–Crippen MR) is 80.8 cm³/mol. The molecule has 1 aromatic heterocycles. The Kier molecular flexibility index (Phi) is 4.29. The minimum absolute atomic E-state index is 0.199. The third kappa shape index (κ3) is 3.37. The van der Waals surface area contributed by atoms with Gasteiger partial charge in [0.2, 0.25) is 0 Å². The lowest BCUT2D eigenvalue weighted by atomic mass is 10.2. The van der Waals surface area contributed by atoms with E-state index in [-0.39, 0.29) is 22.3 Å². The first-order valence-electron chi connectivity index (χ1n) is 5.15. The van der Waals surface area contributed by atoms with Gasteiger partial charge in [-0.05, 0) is 40.2 Å². The second kappa shape index (κ2) is 5.77. The highest BCUT2D eigenvalue weighted by molar-refractivity contribution is 9.10. The molecule has 1 aromatic carbocycles. The molecular formula is C12H8BrCl2N3O. The van der Waals surface area contributed by atoms with Crippen molar-refractivity contribution in [3.63, 3.8) is 0 Å². The van der Waals surface area contributed by atoms with Gasteiger partial charge in [0.15, 0.2) is 0 Å². The lowest BCUT2D eigenvalue weighted by molar-refractivity contribution is 0.102. The summed E-state index contributed by atoms with van der Waals surface area (Å²) >= 11 is 14.9. The number of hydrogen-bond donors (Lipinski definition) is 2. The van der Waals surface area contributed by atoms with Crippen molar-refractivity contribution < 1.29 is 4.79 Å². The number of halogens is 3. The second-order valence-corrected chi connectivity index (χ2v) is 5.35.